The van der Waals surface area contributed by atoms with Crippen molar-refractivity contribution in [2.75, 3.05) is 0 Å². The first kappa shape index (κ1) is 14.5. The standard InChI is InChI=1S/C15H17N5O2S/c1-3-20-13(10-6-7-10)17-18-15(20)23-9(2)14-16-12(19-22-14)11-5-4-8-21-11/h4-5,8-10H,3,6-7H2,1-2H3/t9-/m1/s1. The highest BCUT2D eigenvalue weighted by atomic mass is 32.2. The first-order chi connectivity index (χ1) is 11.3. The molecule has 3 heterocycles. The van der Waals surface area contributed by atoms with Crippen molar-refractivity contribution in [3.63, 3.8) is 0 Å². The summed E-state index contributed by atoms with van der Waals surface area (Å²) >= 11 is 1.59. The van der Waals surface area contributed by atoms with Crippen LogP contribution in [0.1, 0.15) is 49.6 Å². The number of hydrogen-bond donors (Lipinski definition) is 0. The summed E-state index contributed by atoms with van der Waals surface area (Å²) in [6.07, 6.45) is 4.02. The fourth-order valence-electron chi connectivity index (χ4n) is 2.44. The molecule has 1 aliphatic carbocycles. The van der Waals surface area contributed by atoms with Crippen molar-refractivity contribution in [1.82, 2.24) is 24.9 Å². The number of nitrogens with zero attached hydrogens (tertiary/aromatic N) is 5. The molecule has 1 saturated carbocycles. The van der Waals surface area contributed by atoms with Crippen LogP contribution >= 0.6 is 11.8 Å². The van der Waals surface area contributed by atoms with Crippen LogP contribution in [-0.2, 0) is 6.54 Å². The van der Waals surface area contributed by atoms with Crippen LogP contribution in [0.2, 0.25) is 0 Å². The van der Waals surface area contributed by atoms with Gasteiger partial charge in [-0.1, -0.05) is 16.9 Å². The van der Waals surface area contributed by atoms with E-state index in [2.05, 4.69) is 31.8 Å². The van der Waals surface area contributed by atoms with Gasteiger partial charge in [-0.3, -0.25) is 0 Å². The zero-order valence-electron chi connectivity index (χ0n) is 13.0. The van der Waals surface area contributed by atoms with Crippen LogP contribution in [-0.4, -0.2) is 24.9 Å². The molecule has 1 atom stereocenters. The lowest BCUT2D eigenvalue weighted by atomic mass is 10.4. The Morgan fingerprint density at radius 2 is 2.26 bits per heavy atom. The van der Waals surface area contributed by atoms with Crippen LogP contribution in [0.15, 0.2) is 32.5 Å². The molecule has 0 spiro atoms. The van der Waals surface area contributed by atoms with Crippen molar-refractivity contribution >= 4 is 11.8 Å². The van der Waals surface area contributed by atoms with Crippen LogP contribution < -0.4 is 0 Å². The van der Waals surface area contributed by atoms with Gasteiger partial charge in [0.2, 0.25) is 11.7 Å². The monoisotopic (exact) mass is 331 g/mol. The quantitative estimate of drug-likeness (QED) is 0.637. The fourth-order valence-corrected chi connectivity index (χ4v) is 3.39. The van der Waals surface area contributed by atoms with Gasteiger partial charge in [-0.15, -0.1) is 10.2 Å². The molecule has 0 aliphatic heterocycles. The largest absolute Gasteiger partial charge is 0.461 e. The normalized spacial score (nSPS) is 15.9. The average molecular weight is 331 g/mol. The second-order valence-electron chi connectivity index (χ2n) is 5.55. The molecule has 0 amide bonds. The van der Waals surface area contributed by atoms with Crippen molar-refractivity contribution in [2.24, 2.45) is 0 Å². The highest BCUT2D eigenvalue weighted by Gasteiger charge is 2.30. The minimum Gasteiger partial charge on any atom is -0.461 e. The predicted molar refractivity (Wildman–Crippen MR) is 83.9 cm³/mol. The minimum atomic E-state index is -0.00670. The lowest BCUT2D eigenvalue weighted by Crippen LogP contribution is -2.02. The summed E-state index contributed by atoms with van der Waals surface area (Å²) in [6.45, 7) is 5.01. The zero-order chi connectivity index (χ0) is 15.8. The Bertz CT molecular complexity index is 791. The van der Waals surface area contributed by atoms with Crippen LogP contribution in [0.3, 0.4) is 0 Å². The molecule has 3 aromatic rings. The number of rotatable bonds is 6. The van der Waals surface area contributed by atoms with Gasteiger partial charge in [0.25, 0.3) is 0 Å². The molecule has 0 unspecified atom stereocenters. The number of furan rings is 1. The van der Waals surface area contributed by atoms with E-state index in [4.69, 9.17) is 8.94 Å². The molecule has 0 aromatic carbocycles. The topological polar surface area (TPSA) is 82.8 Å². The Kier molecular flexibility index (Phi) is 3.68. The van der Waals surface area contributed by atoms with Crippen LogP contribution in [0, 0.1) is 0 Å². The predicted octanol–water partition coefficient (Wildman–Crippen LogP) is 3.67. The summed E-state index contributed by atoms with van der Waals surface area (Å²) < 4.78 is 12.8. The number of thioether (sulfide) groups is 1. The SMILES string of the molecule is CCn1c(S[C@H](C)c2nc(-c3ccco3)no2)nnc1C1CC1. The van der Waals surface area contributed by atoms with Gasteiger partial charge in [-0.2, -0.15) is 4.98 Å². The van der Waals surface area contributed by atoms with Gasteiger partial charge in [0, 0.05) is 12.5 Å². The third-order valence-corrected chi connectivity index (χ3v) is 4.89. The summed E-state index contributed by atoms with van der Waals surface area (Å²) in [4.78, 5) is 4.41. The molecule has 1 aliphatic rings. The van der Waals surface area contributed by atoms with Gasteiger partial charge in [0.15, 0.2) is 10.9 Å². The Hall–Kier alpha value is -2.09. The Labute approximate surface area is 137 Å². The number of hydrogen-bond acceptors (Lipinski definition) is 7. The molecular formula is C15H17N5O2S. The van der Waals surface area contributed by atoms with Gasteiger partial charge >= 0.3 is 0 Å². The Morgan fingerprint density at radius 1 is 1.39 bits per heavy atom. The molecule has 0 bridgehead atoms. The minimum absolute atomic E-state index is 0.00670. The van der Waals surface area contributed by atoms with Crippen molar-refractivity contribution in [3.8, 4) is 11.6 Å². The molecular weight excluding hydrogens is 314 g/mol. The number of aromatic nitrogens is 5. The van der Waals surface area contributed by atoms with E-state index in [9.17, 15) is 0 Å². The lowest BCUT2D eigenvalue weighted by Gasteiger charge is -2.08. The maximum atomic E-state index is 5.36. The lowest BCUT2D eigenvalue weighted by molar-refractivity contribution is 0.379. The van der Waals surface area contributed by atoms with Crippen LogP contribution in [0.4, 0.5) is 0 Å². The maximum absolute atomic E-state index is 5.36. The molecule has 0 radical (unpaired) electrons. The molecule has 1 fully saturated rings. The average Bonchev–Trinajstić information content (AvgIpc) is 3.00. The highest BCUT2D eigenvalue weighted by molar-refractivity contribution is 7.99. The molecule has 23 heavy (non-hydrogen) atoms. The van der Waals surface area contributed by atoms with Gasteiger partial charge < -0.3 is 13.5 Å². The molecule has 3 aromatic heterocycles. The summed E-state index contributed by atoms with van der Waals surface area (Å²) in [5.74, 6) is 3.31. The van der Waals surface area contributed by atoms with Crippen molar-refractivity contribution < 1.29 is 8.94 Å². The van der Waals surface area contributed by atoms with E-state index in [1.165, 1.54) is 12.8 Å². The van der Waals surface area contributed by atoms with Gasteiger partial charge in [0.05, 0.1) is 11.5 Å². The van der Waals surface area contributed by atoms with E-state index < -0.39 is 0 Å². The van der Waals surface area contributed by atoms with E-state index >= 15 is 0 Å². The Balaban J connectivity index is 1.53. The first-order valence-corrected chi connectivity index (χ1v) is 8.61. The van der Waals surface area contributed by atoms with Crippen molar-refractivity contribution in [1.29, 1.82) is 0 Å². The first-order valence-electron chi connectivity index (χ1n) is 7.73. The fraction of sp³-hybridized carbons (Fsp3) is 0.467. The zero-order valence-corrected chi connectivity index (χ0v) is 13.8. The second kappa shape index (κ2) is 5.84. The summed E-state index contributed by atoms with van der Waals surface area (Å²) in [5.41, 5.74) is 0. The Morgan fingerprint density at radius 3 is 2.96 bits per heavy atom. The third-order valence-electron chi connectivity index (χ3n) is 3.82. The van der Waals surface area contributed by atoms with Crippen molar-refractivity contribution in [3.05, 3.63) is 30.1 Å². The van der Waals surface area contributed by atoms with Crippen LogP contribution in [0.25, 0.3) is 11.6 Å². The van der Waals surface area contributed by atoms with E-state index in [0.29, 0.717) is 23.4 Å². The molecule has 7 nitrogen and oxygen atoms in total. The van der Waals surface area contributed by atoms with Crippen LogP contribution in [0.5, 0.6) is 0 Å². The van der Waals surface area contributed by atoms with E-state index in [1.54, 1.807) is 24.1 Å². The van der Waals surface area contributed by atoms with Gasteiger partial charge in [0.1, 0.15) is 5.82 Å². The smallest absolute Gasteiger partial charge is 0.240 e. The highest BCUT2D eigenvalue weighted by Crippen LogP contribution is 2.41. The van der Waals surface area contributed by atoms with Gasteiger partial charge in [-0.25, -0.2) is 0 Å². The summed E-state index contributed by atoms with van der Waals surface area (Å²) in [5, 5.41) is 13.6. The molecule has 8 heteroatoms. The van der Waals surface area contributed by atoms with E-state index in [-0.39, 0.29) is 5.25 Å². The summed E-state index contributed by atoms with van der Waals surface area (Å²) in [6, 6.07) is 3.61. The van der Waals surface area contributed by atoms with E-state index in [1.807, 2.05) is 13.0 Å². The molecule has 0 saturated heterocycles. The molecule has 4 rings (SSSR count). The maximum Gasteiger partial charge on any atom is 0.240 e. The van der Waals surface area contributed by atoms with E-state index in [0.717, 1.165) is 17.5 Å². The second-order valence-corrected chi connectivity index (χ2v) is 6.86. The third kappa shape index (κ3) is 2.78. The molecule has 0 N–H and O–H groups in total. The van der Waals surface area contributed by atoms with Gasteiger partial charge in [-0.05, 0) is 38.8 Å². The molecule has 120 valence electrons. The summed E-state index contributed by atoms with van der Waals surface area (Å²) in [7, 11) is 0. The van der Waals surface area contributed by atoms with Crippen molar-refractivity contribution in [2.45, 2.75) is 49.6 Å².